The topological polar surface area (TPSA) is 46.5 Å². The number of imidazole rings is 1. The Morgan fingerprint density at radius 2 is 2.00 bits per heavy atom. The molecule has 1 aromatic carbocycles. The van der Waals surface area contributed by atoms with Gasteiger partial charge in [0.1, 0.15) is 0 Å². The summed E-state index contributed by atoms with van der Waals surface area (Å²) in [4.78, 5) is 11.9. The summed E-state index contributed by atoms with van der Waals surface area (Å²) in [6.45, 7) is 0.695. The lowest BCUT2D eigenvalue weighted by molar-refractivity contribution is 0.808. The third-order valence-electron chi connectivity index (χ3n) is 3.57. The van der Waals surface area contributed by atoms with Crippen molar-refractivity contribution in [3.05, 3.63) is 65.3 Å². The van der Waals surface area contributed by atoms with Crippen LogP contribution in [0.2, 0.25) is 0 Å². The van der Waals surface area contributed by atoms with Crippen molar-refractivity contribution >= 4 is 34.2 Å². The number of para-hydroxylation sites is 1. The predicted molar refractivity (Wildman–Crippen MR) is 85.8 cm³/mol. The zero-order chi connectivity index (χ0) is 14.2. The monoisotopic (exact) mass is 292 g/mol. The summed E-state index contributed by atoms with van der Waals surface area (Å²) in [5.74, 6) is 0. The SMILES string of the molecule is S=c1[nH]c2cnc3ccccc3c2n1Cc1cccnc1. The highest BCUT2D eigenvalue weighted by Gasteiger charge is 2.09. The Morgan fingerprint density at radius 1 is 1.10 bits per heavy atom. The van der Waals surface area contributed by atoms with E-state index in [1.807, 2.05) is 36.7 Å². The van der Waals surface area contributed by atoms with E-state index in [1.165, 1.54) is 0 Å². The molecule has 0 saturated heterocycles. The maximum Gasteiger partial charge on any atom is 0.178 e. The summed E-state index contributed by atoms with van der Waals surface area (Å²) in [5.41, 5.74) is 4.14. The third-order valence-corrected chi connectivity index (χ3v) is 3.89. The van der Waals surface area contributed by atoms with Gasteiger partial charge in [-0.3, -0.25) is 9.97 Å². The fourth-order valence-electron chi connectivity index (χ4n) is 2.62. The number of hydrogen-bond donors (Lipinski definition) is 1. The molecular formula is C16H12N4S. The van der Waals surface area contributed by atoms with Gasteiger partial charge in [-0.1, -0.05) is 24.3 Å². The van der Waals surface area contributed by atoms with Crippen LogP contribution >= 0.6 is 12.2 Å². The molecule has 1 N–H and O–H groups in total. The van der Waals surface area contributed by atoms with Gasteiger partial charge in [-0.2, -0.15) is 0 Å². The van der Waals surface area contributed by atoms with Crippen molar-refractivity contribution in [2.45, 2.75) is 6.54 Å². The van der Waals surface area contributed by atoms with Crippen LogP contribution in [0, 0.1) is 4.77 Å². The first-order valence-electron chi connectivity index (χ1n) is 6.68. The van der Waals surface area contributed by atoms with Crippen LogP contribution in [-0.2, 0) is 6.54 Å². The number of pyridine rings is 2. The molecule has 21 heavy (non-hydrogen) atoms. The van der Waals surface area contributed by atoms with Crippen LogP contribution in [0.15, 0.2) is 55.0 Å². The molecule has 4 nitrogen and oxygen atoms in total. The number of nitrogens with one attached hydrogen (secondary N) is 1. The average molecular weight is 292 g/mol. The van der Waals surface area contributed by atoms with Crippen molar-refractivity contribution in [3.8, 4) is 0 Å². The van der Waals surface area contributed by atoms with Crippen molar-refractivity contribution in [2.24, 2.45) is 0 Å². The molecule has 0 bridgehead atoms. The fourth-order valence-corrected chi connectivity index (χ4v) is 2.88. The second-order valence-electron chi connectivity index (χ2n) is 4.92. The second-order valence-corrected chi connectivity index (χ2v) is 5.30. The zero-order valence-electron chi connectivity index (χ0n) is 11.2. The van der Waals surface area contributed by atoms with Crippen molar-refractivity contribution < 1.29 is 0 Å². The molecule has 3 heterocycles. The van der Waals surface area contributed by atoms with Gasteiger partial charge >= 0.3 is 0 Å². The van der Waals surface area contributed by atoms with Crippen LogP contribution in [0.3, 0.4) is 0 Å². The minimum atomic E-state index is 0.695. The van der Waals surface area contributed by atoms with Crippen molar-refractivity contribution in [1.29, 1.82) is 0 Å². The Kier molecular flexibility index (Phi) is 2.79. The van der Waals surface area contributed by atoms with Crippen LogP contribution < -0.4 is 0 Å². The van der Waals surface area contributed by atoms with E-state index in [1.54, 1.807) is 6.20 Å². The van der Waals surface area contributed by atoms with Gasteiger partial charge in [0, 0.05) is 17.8 Å². The highest BCUT2D eigenvalue weighted by atomic mass is 32.1. The van der Waals surface area contributed by atoms with Crippen LogP contribution in [0.1, 0.15) is 5.56 Å². The normalized spacial score (nSPS) is 11.2. The quantitative estimate of drug-likeness (QED) is 0.573. The molecule has 0 aliphatic heterocycles. The van der Waals surface area contributed by atoms with E-state index in [2.05, 4.69) is 31.7 Å². The maximum atomic E-state index is 5.47. The van der Waals surface area contributed by atoms with Gasteiger partial charge in [0.15, 0.2) is 4.77 Å². The van der Waals surface area contributed by atoms with E-state index in [-0.39, 0.29) is 0 Å². The third kappa shape index (κ3) is 2.02. The van der Waals surface area contributed by atoms with E-state index in [4.69, 9.17) is 12.2 Å². The summed E-state index contributed by atoms with van der Waals surface area (Å²) in [7, 11) is 0. The summed E-state index contributed by atoms with van der Waals surface area (Å²) in [6.07, 6.45) is 5.48. The lowest BCUT2D eigenvalue weighted by Gasteiger charge is -2.06. The Labute approximate surface area is 126 Å². The Hall–Kier alpha value is -2.53. The molecule has 102 valence electrons. The van der Waals surface area contributed by atoms with Gasteiger partial charge in [-0.25, -0.2) is 0 Å². The standard InChI is InChI=1S/C16H12N4S/c21-16-19-14-9-18-13-6-2-1-5-12(13)15(14)20(16)10-11-4-3-7-17-8-11/h1-9H,10H2,(H,19,21). The maximum absolute atomic E-state index is 5.47. The summed E-state index contributed by atoms with van der Waals surface area (Å²) < 4.78 is 2.80. The molecular weight excluding hydrogens is 280 g/mol. The number of rotatable bonds is 2. The van der Waals surface area contributed by atoms with Gasteiger partial charge in [0.25, 0.3) is 0 Å². The molecule has 0 fully saturated rings. The number of H-pyrrole nitrogens is 1. The number of nitrogens with zero attached hydrogens (tertiary/aromatic N) is 3. The van der Waals surface area contributed by atoms with Crippen molar-refractivity contribution in [2.75, 3.05) is 0 Å². The Bertz CT molecular complexity index is 985. The molecule has 0 spiro atoms. The highest BCUT2D eigenvalue weighted by Crippen LogP contribution is 2.24. The van der Waals surface area contributed by atoms with Crippen molar-refractivity contribution in [1.82, 2.24) is 19.5 Å². The number of fused-ring (bicyclic) bond motifs is 3. The van der Waals surface area contributed by atoms with E-state index in [0.29, 0.717) is 11.3 Å². The van der Waals surface area contributed by atoms with Crippen LogP contribution in [0.4, 0.5) is 0 Å². The number of aromatic amines is 1. The van der Waals surface area contributed by atoms with E-state index < -0.39 is 0 Å². The molecule has 5 heteroatoms. The van der Waals surface area contributed by atoms with Gasteiger partial charge in [0.05, 0.1) is 29.3 Å². The molecule has 4 aromatic rings. The van der Waals surface area contributed by atoms with E-state index in [0.717, 1.165) is 27.5 Å². The smallest absolute Gasteiger partial charge is 0.178 e. The summed E-state index contributed by atoms with van der Waals surface area (Å²) in [6, 6.07) is 12.1. The molecule has 0 atom stereocenters. The molecule has 0 unspecified atom stereocenters. The Morgan fingerprint density at radius 3 is 2.86 bits per heavy atom. The molecule has 0 radical (unpaired) electrons. The number of benzene rings is 1. The molecule has 0 amide bonds. The molecule has 0 aliphatic carbocycles. The van der Waals surface area contributed by atoms with Crippen LogP contribution in [0.25, 0.3) is 21.9 Å². The minimum absolute atomic E-state index is 0.695. The van der Waals surface area contributed by atoms with Crippen LogP contribution in [-0.4, -0.2) is 19.5 Å². The van der Waals surface area contributed by atoms with Gasteiger partial charge in [0.2, 0.25) is 0 Å². The number of aromatic nitrogens is 4. The first-order chi connectivity index (χ1) is 10.3. The number of hydrogen-bond acceptors (Lipinski definition) is 3. The lowest BCUT2D eigenvalue weighted by Crippen LogP contribution is -2.00. The molecule has 3 aromatic heterocycles. The largest absolute Gasteiger partial charge is 0.329 e. The average Bonchev–Trinajstić information content (AvgIpc) is 2.85. The van der Waals surface area contributed by atoms with Crippen LogP contribution in [0.5, 0.6) is 0 Å². The first kappa shape index (κ1) is 12.2. The predicted octanol–water partition coefficient (Wildman–Crippen LogP) is 3.69. The van der Waals surface area contributed by atoms with E-state index >= 15 is 0 Å². The first-order valence-corrected chi connectivity index (χ1v) is 7.09. The zero-order valence-corrected chi connectivity index (χ0v) is 12.0. The second kappa shape index (κ2) is 4.79. The van der Waals surface area contributed by atoms with Gasteiger partial charge in [-0.05, 0) is 29.9 Å². The van der Waals surface area contributed by atoms with Gasteiger partial charge < -0.3 is 9.55 Å². The molecule has 0 saturated carbocycles. The summed E-state index contributed by atoms with van der Waals surface area (Å²) >= 11 is 5.47. The fraction of sp³-hybridized carbons (Fsp3) is 0.0625. The highest BCUT2D eigenvalue weighted by molar-refractivity contribution is 7.71. The van der Waals surface area contributed by atoms with E-state index in [9.17, 15) is 0 Å². The van der Waals surface area contributed by atoms with Crippen molar-refractivity contribution in [3.63, 3.8) is 0 Å². The summed E-state index contributed by atoms with van der Waals surface area (Å²) in [5, 5.41) is 1.10. The van der Waals surface area contributed by atoms with Gasteiger partial charge in [-0.15, -0.1) is 0 Å². The molecule has 0 aliphatic rings. The minimum Gasteiger partial charge on any atom is -0.329 e. The Balaban J connectivity index is 2.01. The lowest BCUT2D eigenvalue weighted by atomic mass is 10.2. The molecule has 4 rings (SSSR count).